The standard InChI is InChI=1S/C8H2Cl2N2/c9-7-4-6(2-1-3-11)5-12-8(7)10/h4-5H. The Morgan fingerprint density at radius 1 is 1.42 bits per heavy atom. The van der Waals surface area contributed by atoms with Crippen LogP contribution in [0.25, 0.3) is 0 Å². The fourth-order valence-corrected chi connectivity index (χ4v) is 0.859. The molecule has 2 nitrogen and oxygen atoms in total. The van der Waals surface area contributed by atoms with Crippen LogP contribution in [0.15, 0.2) is 12.3 Å². The molecule has 0 amide bonds. The molecule has 0 bridgehead atoms. The summed E-state index contributed by atoms with van der Waals surface area (Å²) >= 11 is 11.2. The Labute approximate surface area is 79.7 Å². The molecule has 1 aromatic heterocycles. The van der Waals surface area contributed by atoms with Crippen LogP contribution < -0.4 is 0 Å². The summed E-state index contributed by atoms with van der Waals surface area (Å²) in [5.74, 6) is 4.77. The maximum Gasteiger partial charge on any atom is 0.152 e. The summed E-state index contributed by atoms with van der Waals surface area (Å²) in [4.78, 5) is 3.75. The lowest BCUT2D eigenvalue weighted by Crippen LogP contribution is -1.79. The Morgan fingerprint density at radius 3 is 2.75 bits per heavy atom. The molecule has 0 aromatic carbocycles. The van der Waals surface area contributed by atoms with E-state index in [-0.39, 0.29) is 5.15 Å². The number of halogens is 2. The Kier molecular flexibility index (Phi) is 2.94. The summed E-state index contributed by atoms with van der Waals surface area (Å²) in [5, 5.41) is 8.72. The van der Waals surface area contributed by atoms with Crippen LogP contribution in [0.3, 0.4) is 0 Å². The van der Waals surface area contributed by atoms with Gasteiger partial charge in [-0.05, 0) is 12.0 Å². The van der Waals surface area contributed by atoms with Gasteiger partial charge in [0.25, 0.3) is 0 Å². The SMILES string of the molecule is N#CC#Cc1cnc(Cl)c(Cl)c1. The van der Waals surface area contributed by atoms with Crippen LogP contribution in [-0.4, -0.2) is 4.98 Å². The molecule has 0 radical (unpaired) electrons. The van der Waals surface area contributed by atoms with Crippen LogP contribution in [0, 0.1) is 23.2 Å². The highest BCUT2D eigenvalue weighted by molar-refractivity contribution is 6.41. The minimum atomic E-state index is 0.235. The monoisotopic (exact) mass is 196 g/mol. The molecule has 0 unspecified atom stereocenters. The molecule has 1 aromatic rings. The van der Waals surface area contributed by atoms with Gasteiger partial charge in [-0.25, -0.2) is 4.98 Å². The van der Waals surface area contributed by atoms with Crippen molar-refractivity contribution < 1.29 is 0 Å². The van der Waals surface area contributed by atoms with E-state index in [1.54, 1.807) is 12.1 Å². The van der Waals surface area contributed by atoms with E-state index >= 15 is 0 Å². The molecule has 58 valence electrons. The fraction of sp³-hybridized carbons (Fsp3) is 0. The quantitative estimate of drug-likeness (QED) is 0.472. The smallest absolute Gasteiger partial charge is 0.152 e. The molecule has 0 N–H and O–H groups in total. The molecule has 0 atom stereocenters. The van der Waals surface area contributed by atoms with Crippen molar-refractivity contribution in [2.75, 3.05) is 0 Å². The third-order valence-corrected chi connectivity index (χ3v) is 1.75. The maximum absolute atomic E-state index is 8.15. The number of hydrogen-bond donors (Lipinski definition) is 0. The summed E-state index contributed by atoms with van der Waals surface area (Å²) in [6, 6.07) is 3.24. The van der Waals surface area contributed by atoms with E-state index in [1.807, 2.05) is 0 Å². The predicted molar refractivity (Wildman–Crippen MR) is 46.7 cm³/mol. The average Bonchev–Trinajstić information content (AvgIpc) is 2.07. The van der Waals surface area contributed by atoms with Gasteiger partial charge in [-0.15, -0.1) is 0 Å². The summed E-state index contributed by atoms with van der Waals surface area (Å²) < 4.78 is 0. The van der Waals surface area contributed by atoms with Gasteiger partial charge in [0.1, 0.15) is 5.15 Å². The fourth-order valence-electron chi connectivity index (χ4n) is 0.590. The van der Waals surface area contributed by atoms with E-state index in [4.69, 9.17) is 28.5 Å². The van der Waals surface area contributed by atoms with Crippen LogP contribution in [0.2, 0.25) is 10.2 Å². The van der Waals surface area contributed by atoms with Crippen molar-refractivity contribution in [3.05, 3.63) is 28.0 Å². The molecule has 0 aliphatic carbocycles. The van der Waals surface area contributed by atoms with Gasteiger partial charge in [0, 0.05) is 17.7 Å². The molecule has 0 saturated heterocycles. The van der Waals surface area contributed by atoms with E-state index in [0.29, 0.717) is 10.6 Å². The number of pyridine rings is 1. The molecular formula is C8H2Cl2N2. The Hall–Kier alpha value is -1.22. The van der Waals surface area contributed by atoms with Crippen LogP contribution in [-0.2, 0) is 0 Å². The summed E-state index contributed by atoms with van der Waals surface area (Å²) in [5.41, 5.74) is 0.575. The molecule has 1 rings (SSSR count). The second-order valence-corrected chi connectivity index (χ2v) is 2.62. The van der Waals surface area contributed by atoms with E-state index in [1.165, 1.54) is 6.20 Å². The van der Waals surface area contributed by atoms with Crippen molar-refractivity contribution in [3.63, 3.8) is 0 Å². The minimum Gasteiger partial charge on any atom is -0.242 e. The lowest BCUT2D eigenvalue weighted by atomic mass is 10.3. The third-order valence-electron chi connectivity index (χ3n) is 1.06. The highest BCUT2D eigenvalue weighted by Gasteiger charge is 1.97. The van der Waals surface area contributed by atoms with Crippen molar-refractivity contribution >= 4 is 23.2 Å². The molecule has 0 aliphatic heterocycles. The molecular weight excluding hydrogens is 195 g/mol. The van der Waals surface area contributed by atoms with Gasteiger partial charge in [0.05, 0.1) is 5.02 Å². The van der Waals surface area contributed by atoms with Crippen LogP contribution in [0.4, 0.5) is 0 Å². The Morgan fingerprint density at radius 2 is 2.17 bits per heavy atom. The molecule has 0 saturated carbocycles. The molecule has 0 fully saturated rings. The van der Waals surface area contributed by atoms with Gasteiger partial charge in [0.15, 0.2) is 6.07 Å². The van der Waals surface area contributed by atoms with Crippen LogP contribution in [0.5, 0.6) is 0 Å². The van der Waals surface area contributed by atoms with Gasteiger partial charge in [0.2, 0.25) is 0 Å². The van der Waals surface area contributed by atoms with E-state index in [9.17, 15) is 0 Å². The zero-order valence-electron chi connectivity index (χ0n) is 5.81. The van der Waals surface area contributed by atoms with Crippen LogP contribution >= 0.6 is 23.2 Å². The molecule has 1 heterocycles. The third kappa shape index (κ3) is 2.13. The number of aromatic nitrogens is 1. The summed E-state index contributed by atoms with van der Waals surface area (Å²) in [6.07, 6.45) is 1.46. The van der Waals surface area contributed by atoms with Crippen molar-refractivity contribution in [3.8, 4) is 17.9 Å². The zero-order chi connectivity index (χ0) is 8.97. The predicted octanol–water partition coefficient (Wildman–Crippen LogP) is 2.26. The Bertz CT molecular complexity index is 396. The lowest BCUT2D eigenvalue weighted by molar-refractivity contribution is 1.31. The van der Waals surface area contributed by atoms with Crippen molar-refractivity contribution in [1.82, 2.24) is 4.98 Å². The first-order chi connectivity index (χ1) is 5.74. The first kappa shape index (κ1) is 8.87. The van der Waals surface area contributed by atoms with Gasteiger partial charge >= 0.3 is 0 Å². The summed E-state index contributed by atoms with van der Waals surface area (Å²) in [7, 11) is 0. The molecule has 4 heteroatoms. The lowest BCUT2D eigenvalue weighted by Gasteiger charge is -1.93. The first-order valence-electron chi connectivity index (χ1n) is 2.95. The van der Waals surface area contributed by atoms with Gasteiger partial charge < -0.3 is 0 Å². The largest absolute Gasteiger partial charge is 0.242 e. The van der Waals surface area contributed by atoms with E-state index < -0.39 is 0 Å². The normalized spacial score (nSPS) is 8.08. The van der Waals surface area contributed by atoms with Gasteiger partial charge in [-0.1, -0.05) is 23.2 Å². The first-order valence-corrected chi connectivity index (χ1v) is 3.71. The van der Waals surface area contributed by atoms with E-state index in [0.717, 1.165) is 0 Å². The van der Waals surface area contributed by atoms with Crippen molar-refractivity contribution in [1.29, 1.82) is 5.26 Å². The number of hydrogen-bond acceptors (Lipinski definition) is 2. The van der Waals surface area contributed by atoms with Gasteiger partial charge in [-0.2, -0.15) is 5.26 Å². The van der Waals surface area contributed by atoms with Crippen molar-refractivity contribution in [2.24, 2.45) is 0 Å². The molecule has 0 spiro atoms. The number of nitrogens with zero attached hydrogens (tertiary/aromatic N) is 2. The average molecular weight is 197 g/mol. The topological polar surface area (TPSA) is 36.7 Å². The molecule has 0 aliphatic rings. The number of nitriles is 1. The highest BCUT2D eigenvalue weighted by atomic mass is 35.5. The summed E-state index contributed by atoms with van der Waals surface area (Å²) in [6.45, 7) is 0. The zero-order valence-corrected chi connectivity index (χ0v) is 7.32. The number of rotatable bonds is 0. The maximum atomic E-state index is 8.15. The second kappa shape index (κ2) is 3.97. The minimum absolute atomic E-state index is 0.235. The Balaban J connectivity index is 3.07. The highest BCUT2D eigenvalue weighted by Crippen LogP contribution is 2.18. The van der Waals surface area contributed by atoms with Crippen molar-refractivity contribution in [2.45, 2.75) is 0 Å². The second-order valence-electron chi connectivity index (χ2n) is 1.86. The van der Waals surface area contributed by atoms with Crippen LogP contribution in [0.1, 0.15) is 5.56 Å². The van der Waals surface area contributed by atoms with E-state index in [2.05, 4.69) is 16.8 Å². The van der Waals surface area contributed by atoms with Gasteiger partial charge in [-0.3, -0.25) is 0 Å². The molecule has 12 heavy (non-hydrogen) atoms.